The number of hydrogen-bond acceptors (Lipinski definition) is 2. The quantitative estimate of drug-likeness (QED) is 0.521. The third-order valence-electron chi connectivity index (χ3n) is 2.71. The molecule has 0 N–H and O–H groups in total. The Bertz CT molecular complexity index is 177. The highest BCUT2D eigenvalue weighted by Gasteiger charge is 2.10. The lowest BCUT2D eigenvalue weighted by Crippen LogP contribution is -2.35. The molecule has 0 unspecified atom stereocenters. The van der Waals surface area contributed by atoms with Crippen molar-refractivity contribution in [2.24, 2.45) is 0 Å². The minimum absolute atomic E-state index is 0.143. The van der Waals surface area contributed by atoms with Crippen LogP contribution in [0, 0.1) is 0 Å². The number of carbonyl (C=O) groups excluding carboxylic acids is 1. The first-order chi connectivity index (χ1) is 8.26. The molecule has 102 valence electrons. The Hall–Kier alpha value is -0.570. The molecule has 0 rings (SSSR count). The number of amides is 1. The normalized spacial score (nSPS) is 10.5. The van der Waals surface area contributed by atoms with Crippen molar-refractivity contribution in [1.82, 2.24) is 4.90 Å². The molecule has 0 aliphatic heterocycles. The van der Waals surface area contributed by atoms with E-state index in [4.69, 9.17) is 4.74 Å². The summed E-state index contributed by atoms with van der Waals surface area (Å²) in [5.41, 5.74) is 0. The Morgan fingerprint density at radius 2 is 1.59 bits per heavy atom. The molecule has 0 saturated heterocycles. The van der Waals surface area contributed by atoms with Crippen molar-refractivity contribution in [3.63, 3.8) is 0 Å². The van der Waals surface area contributed by atoms with E-state index in [1.54, 1.807) is 0 Å². The lowest BCUT2D eigenvalue weighted by atomic mass is 10.2. The van der Waals surface area contributed by atoms with Crippen LogP contribution in [0.2, 0.25) is 0 Å². The molecule has 0 radical (unpaired) electrons. The van der Waals surface area contributed by atoms with E-state index in [9.17, 15) is 4.79 Å². The maximum atomic E-state index is 11.8. The van der Waals surface area contributed by atoms with Crippen LogP contribution in [-0.4, -0.2) is 37.1 Å². The Morgan fingerprint density at radius 1 is 0.941 bits per heavy atom. The zero-order chi connectivity index (χ0) is 12.9. The van der Waals surface area contributed by atoms with Gasteiger partial charge in [0.25, 0.3) is 0 Å². The third-order valence-corrected chi connectivity index (χ3v) is 2.71. The summed E-state index contributed by atoms with van der Waals surface area (Å²) in [5.74, 6) is 0.143. The summed E-state index contributed by atoms with van der Waals surface area (Å²) >= 11 is 0. The molecule has 0 fully saturated rings. The second-order valence-electron chi connectivity index (χ2n) is 4.49. The first-order valence-corrected chi connectivity index (χ1v) is 7.11. The van der Waals surface area contributed by atoms with Gasteiger partial charge in [-0.25, -0.2) is 0 Å². The second-order valence-corrected chi connectivity index (χ2v) is 4.49. The van der Waals surface area contributed by atoms with Crippen LogP contribution >= 0.6 is 0 Å². The molecule has 0 aromatic carbocycles. The summed E-state index contributed by atoms with van der Waals surface area (Å²) in [6, 6.07) is 0. The van der Waals surface area contributed by atoms with Crippen LogP contribution < -0.4 is 0 Å². The van der Waals surface area contributed by atoms with Crippen molar-refractivity contribution >= 4 is 5.91 Å². The minimum atomic E-state index is 0.143. The fourth-order valence-electron chi connectivity index (χ4n) is 1.78. The van der Waals surface area contributed by atoms with Crippen molar-refractivity contribution in [1.29, 1.82) is 0 Å². The van der Waals surface area contributed by atoms with E-state index in [-0.39, 0.29) is 12.5 Å². The Kier molecular flexibility index (Phi) is 11.5. The van der Waals surface area contributed by atoms with Gasteiger partial charge >= 0.3 is 0 Å². The smallest absolute Gasteiger partial charge is 0.248 e. The molecule has 0 atom stereocenters. The van der Waals surface area contributed by atoms with Gasteiger partial charge in [-0.2, -0.15) is 0 Å². The van der Waals surface area contributed by atoms with Gasteiger partial charge in [0.05, 0.1) is 0 Å². The van der Waals surface area contributed by atoms with Gasteiger partial charge in [0.15, 0.2) is 0 Å². The van der Waals surface area contributed by atoms with Crippen LogP contribution in [0.15, 0.2) is 0 Å². The zero-order valence-corrected chi connectivity index (χ0v) is 11.8. The molecule has 0 aromatic rings. The third kappa shape index (κ3) is 9.16. The molecule has 0 spiro atoms. The summed E-state index contributed by atoms with van der Waals surface area (Å²) in [4.78, 5) is 13.7. The molecule has 0 heterocycles. The van der Waals surface area contributed by atoms with Crippen molar-refractivity contribution in [2.45, 2.75) is 59.3 Å². The maximum Gasteiger partial charge on any atom is 0.248 e. The van der Waals surface area contributed by atoms with Gasteiger partial charge in [0.1, 0.15) is 6.61 Å². The van der Waals surface area contributed by atoms with E-state index in [1.165, 1.54) is 19.3 Å². The van der Waals surface area contributed by atoms with E-state index >= 15 is 0 Å². The van der Waals surface area contributed by atoms with Crippen molar-refractivity contribution in [2.75, 3.05) is 26.3 Å². The highest BCUT2D eigenvalue weighted by atomic mass is 16.5. The second kappa shape index (κ2) is 11.9. The number of ether oxygens (including phenoxy) is 1. The summed E-state index contributed by atoms with van der Waals surface area (Å²) < 4.78 is 5.42. The first kappa shape index (κ1) is 16.4. The number of carbonyl (C=O) groups is 1. The molecule has 3 nitrogen and oxygen atoms in total. The predicted octanol–water partition coefficient (Wildman–Crippen LogP) is 3.23. The molecule has 0 saturated carbocycles. The predicted molar refractivity (Wildman–Crippen MR) is 72.1 cm³/mol. The molecule has 1 amide bonds. The lowest BCUT2D eigenvalue weighted by molar-refractivity contribution is -0.136. The van der Waals surface area contributed by atoms with Crippen molar-refractivity contribution in [3.8, 4) is 0 Å². The average molecular weight is 243 g/mol. The Balaban J connectivity index is 3.59. The van der Waals surface area contributed by atoms with Crippen molar-refractivity contribution < 1.29 is 9.53 Å². The number of rotatable bonds is 11. The fraction of sp³-hybridized carbons (Fsp3) is 0.929. The number of hydrogen-bond donors (Lipinski definition) is 0. The van der Waals surface area contributed by atoms with Crippen LogP contribution in [0.1, 0.15) is 59.3 Å². The standard InChI is InChI=1S/C14H29NO2/c1-4-7-8-9-12-17-13-14(16)15(10-5-2)11-6-3/h4-13H2,1-3H3. The SMILES string of the molecule is CCCCCCOCC(=O)N(CCC)CCC. The van der Waals surface area contributed by atoms with Crippen LogP contribution in [0.3, 0.4) is 0 Å². The van der Waals surface area contributed by atoms with Crippen LogP contribution in [0.25, 0.3) is 0 Å². The molecule has 0 aliphatic carbocycles. The monoisotopic (exact) mass is 243 g/mol. The van der Waals surface area contributed by atoms with E-state index in [0.29, 0.717) is 0 Å². The molecule has 17 heavy (non-hydrogen) atoms. The molecule has 0 aromatic heterocycles. The zero-order valence-electron chi connectivity index (χ0n) is 11.8. The van der Waals surface area contributed by atoms with E-state index in [0.717, 1.165) is 39.0 Å². The van der Waals surface area contributed by atoms with Crippen LogP contribution in [-0.2, 0) is 9.53 Å². The van der Waals surface area contributed by atoms with Gasteiger partial charge in [-0.1, -0.05) is 40.0 Å². The first-order valence-electron chi connectivity index (χ1n) is 7.11. The highest BCUT2D eigenvalue weighted by molar-refractivity contribution is 5.77. The molecule has 3 heteroatoms. The van der Waals surface area contributed by atoms with Crippen LogP contribution in [0.5, 0.6) is 0 Å². The van der Waals surface area contributed by atoms with E-state index in [2.05, 4.69) is 20.8 Å². The molecular formula is C14H29NO2. The summed E-state index contributed by atoms with van der Waals surface area (Å²) in [6.07, 6.45) is 6.81. The maximum absolute atomic E-state index is 11.8. The van der Waals surface area contributed by atoms with Gasteiger partial charge in [-0.05, 0) is 19.3 Å². The topological polar surface area (TPSA) is 29.5 Å². The number of nitrogens with zero attached hydrogens (tertiary/aromatic N) is 1. The van der Waals surface area contributed by atoms with Gasteiger partial charge in [0.2, 0.25) is 5.91 Å². The van der Waals surface area contributed by atoms with Gasteiger partial charge in [-0.3, -0.25) is 4.79 Å². The van der Waals surface area contributed by atoms with Gasteiger partial charge in [0, 0.05) is 19.7 Å². The Morgan fingerprint density at radius 3 is 2.12 bits per heavy atom. The fourth-order valence-corrected chi connectivity index (χ4v) is 1.78. The molecular weight excluding hydrogens is 214 g/mol. The summed E-state index contributed by atoms with van der Waals surface area (Å²) in [7, 11) is 0. The van der Waals surface area contributed by atoms with E-state index < -0.39 is 0 Å². The average Bonchev–Trinajstić information content (AvgIpc) is 2.33. The lowest BCUT2D eigenvalue weighted by Gasteiger charge is -2.21. The largest absolute Gasteiger partial charge is 0.372 e. The minimum Gasteiger partial charge on any atom is -0.372 e. The molecule has 0 bridgehead atoms. The number of unbranched alkanes of at least 4 members (excludes halogenated alkanes) is 3. The summed E-state index contributed by atoms with van der Waals surface area (Å²) in [6.45, 7) is 9.07. The van der Waals surface area contributed by atoms with Crippen LogP contribution in [0.4, 0.5) is 0 Å². The molecule has 0 aliphatic rings. The van der Waals surface area contributed by atoms with Gasteiger partial charge in [-0.15, -0.1) is 0 Å². The van der Waals surface area contributed by atoms with E-state index in [1.807, 2.05) is 4.90 Å². The van der Waals surface area contributed by atoms with Crippen molar-refractivity contribution in [3.05, 3.63) is 0 Å². The Labute approximate surface area is 107 Å². The summed E-state index contributed by atoms with van der Waals surface area (Å²) in [5, 5.41) is 0. The highest BCUT2D eigenvalue weighted by Crippen LogP contribution is 2.00. The van der Waals surface area contributed by atoms with Gasteiger partial charge < -0.3 is 9.64 Å².